The molecule has 7 nitrogen and oxygen atoms in total. The average Bonchev–Trinajstić information content (AvgIpc) is 3.13. The summed E-state index contributed by atoms with van der Waals surface area (Å²) in [5.74, 6) is 0.901. The lowest BCUT2D eigenvalue weighted by molar-refractivity contribution is -0.135. The molecular weight excluding hydrogens is 370 g/mol. The van der Waals surface area contributed by atoms with Crippen LogP contribution in [-0.2, 0) is 14.4 Å². The molecule has 124 valence electrons. The van der Waals surface area contributed by atoms with Crippen molar-refractivity contribution in [3.63, 3.8) is 0 Å². The summed E-state index contributed by atoms with van der Waals surface area (Å²) < 4.78 is 21.9. The van der Waals surface area contributed by atoms with Crippen molar-refractivity contribution in [1.82, 2.24) is 0 Å². The van der Waals surface area contributed by atoms with Gasteiger partial charge in [-0.15, -0.1) is 0 Å². The maximum Gasteiger partial charge on any atom is 0.356 e. The predicted molar refractivity (Wildman–Crippen MR) is 83.9 cm³/mol. The number of fused-ring (bicyclic) bond motifs is 1. The number of esters is 1. The van der Waals surface area contributed by atoms with Crippen LogP contribution in [0.1, 0.15) is 25.5 Å². The molecule has 0 unspecified atom stereocenters. The average molecular weight is 386 g/mol. The number of rotatable bonds is 4. The third-order valence-electron chi connectivity index (χ3n) is 3.73. The molecule has 0 saturated carbocycles. The fourth-order valence-electron chi connectivity index (χ4n) is 2.58. The fourth-order valence-corrected chi connectivity index (χ4v) is 3.27. The van der Waals surface area contributed by atoms with Crippen molar-refractivity contribution in [2.24, 2.45) is 11.1 Å². The van der Waals surface area contributed by atoms with E-state index >= 15 is 0 Å². The Morgan fingerprint density at radius 1 is 1.48 bits per heavy atom. The van der Waals surface area contributed by atoms with Crippen LogP contribution < -0.4 is 14.2 Å². The molecule has 0 spiro atoms. The van der Waals surface area contributed by atoms with Gasteiger partial charge >= 0.3 is 5.97 Å². The smallest absolute Gasteiger partial charge is 0.356 e. The zero-order chi connectivity index (χ0) is 16.6. The zero-order valence-electron chi connectivity index (χ0n) is 12.9. The van der Waals surface area contributed by atoms with Crippen LogP contribution in [0.25, 0.3) is 0 Å². The van der Waals surface area contributed by atoms with Gasteiger partial charge in [-0.25, -0.2) is 4.79 Å². The Labute approximate surface area is 141 Å². The molecule has 2 aliphatic heterocycles. The summed E-state index contributed by atoms with van der Waals surface area (Å²) in [5, 5.41) is 3.89. The Hall–Kier alpha value is -1.96. The molecule has 0 fully saturated rings. The van der Waals surface area contributed by atoms with Gasteiger partial charge in [-0.05, 0) is 28.9 Å². The van der Waals surface area contributed by atoms with Crippen LogP contribution in [0.5, 0.6) is 17.2 Å². The van der Waals surface area contributed by atoms with E-state index in [0.717, 1.165) is 5.56 Å². The SMILES string of the molecule is CCOC(=O)C1=NO[C@H](c2cc3c(c(OC)c2Br)OCO3)[C@@H]1C. The van der Waals surface area contributed by atoms with E-state index in [0.29, 0.717) is 21.7 Å². The molecule has 0 aromatic heterocycles. The van der Waals surface area contributed by atoms with Gasteiger partial charge < -0.3 is 23.8 Å². The Morgan fingerprint density at radius 3 is 2.96 bits per heavy atom. The first-order valence-electron chi connectivity index (χ1n) is 7.15. The number of ether oxygens (including phenoxy) is 4. The standard InChI is InChI=1S/C15H16BrNO6/c1-4-20-15(18)11-7(2)12(23-17-11)8-5-9-13(22-6-21-9)14(19-3)10(8)16/h5,7,12H,4,6H2,1-3H3/t7-,12+/m1/s1. The Balaban J connectivity index is 1.94. The van der Waals surface area contributed by atoms with Crippen molar-refractivity contribution in [3.8, 4) is 17.2 Å². The minimum atomic E-state index is -0.466. The van der Waals surface area contributed by atoms with Gasteiger partial charge in [0.1, 0.15) is 0 Å². The summed E-state index contributed by atoms with van der Waals surface area (Å²) in [4.78, 5) is 17.4. The van der Waals surface area contributed by atoms with Crippen molar-refractivity contribution < 1.29 is 28.6 Å². The topological polar surface area (TPSA) is 75.6 Å². The number of oxime groups is 1. The second-order valence-electron chi connectivity index (χ2n) is 5.06. The van der Waals surface area contributed by atoms with E-state index in [1.807, 2.05) is 6.92 Å². The number of carbonyl (C=O) groups excluding carboxylic acids is 1. The van der Waals surface area contributed by atoms with E-state index in [1.54, 1.807) is 20.1 Å². The molecule has 0 radical (unpaired) electrons. The number of methoxy groups -OCH3 is 1. The van der Waals surface area contributed by atoms with Crippen molar-refractivity contribution in [3.05, 3.63) is 16.1 Å². The molecule has 1 aromatic rings. The highest BCUT2D eigenvalue weighted by atomic mass is 79.9. The largest absolute Gasteiger partial charge is 0.492 e. The fraction of sp³-hybridized carbons (Fsp3) is 0.467. The van der Waals surface area contributed by atoms with E-state index < -0.39 is 12.1 Å². The molecule has 0 bridgehead atoms. The Kier molecular flexibility index (Phi) is 4.34. The predicted octanol–water partition coefficient (Wildman–Crippen LogP) is 2.81. The Bertz CT molecular complexity index is 674. The van der Waals surface area contributed by atoms with E-state index in [-0.39, 0.29) is 25.0 Å². The molecule has 1 aromatic carbocycles. The second kappa shape index (κ2) is 6.27. The lowest BCUT2D eigenvalue weighted by Crippen LogP contribution is -2.24. The molecule has 2 atom stereocenters. The highest BCUT2D eigenvalue weighted by Gasteiger charge is 2.39. The van der Waals surface area contributed by atoms with Crippen LogP contribution in [0.2, 0.25) is 0 Å². The monoisotopic (exact) mass is 385 g/mol. The van der Waals surface area contributed by atoms with E-state index in [4.69, 9.17) is 23.8 Å². The number of benzene rings is 1. The lowest BCUT2D eigenvalue weighted by atomic mass is 9.93. The molecule has 0 N–H and O–H groups in total. The maximum absolute atomic E-state index is 11.9. The summed E-state index contributed by atoms with van der Waals surface area (Å²) in [6.45, 7) is 4.02. The van der Waals surface area contributed by atoms with E-state index in [1.165, 1.54) is 0 Å². The number of halogens is 1. The molecule has 0 saturated heterocycles. The lowest BCUT2D eigenvalue weighted by Gasteiger charge is -2.18. The van der Waals surface area contributed by atoms with Crippen LogP contribution in [0, 0.1) is 5.92 Å². The first-order chi connectivity index (χ1) is 11.1. The van der Waals surface area contributed by atoms with Crippen molar-refractivity contribution >= 4 is 27.6 Å². The summed E-state index contributed by atoms with van der Waals surface area (Å²) in [6, 6.07) is 1.81. The van der Waals surface area contributed by atoms with Gasteiger partial charge in [-0.1, -0.05) is 12.1 Å². The molecule has 0 amide bonds. The van der Waals surface area contributed by atoms with Gasteiger partial charge in [-0.3, -0.25) is 0 Å². The van der Waals surface area contributed by atoms with Crippen LogP contribution in [0.3, 0.4) is 0 Å². The van der Waals surface area contributed by atoms with Gasteiger partial charge in [0.25, 0.3) is 0 Å². The summed E-state index contributed by atoms with van der Waals surface area (Å²) in [6.07, 6.45) is -0.452. The second-order valence-corrected chi connectivity index (χ2v) is 5.85. The summed E-state index contributed by atoms with van der Waals surface area (Å²) in [7, 11) is 1.55. The van der Waals surface area contributed by atoms with Crippen LogP contribution >= 0.6 is 15.9 Å². The van der Waals surface area contributed by atoms with Crippen molar-refractivity contribution in [2.75, 3.05) is 20.5 Å². The molecule has 8 heteroatoms. The minimum absolute atomic E-state index is 0.132. The summed E-state index contributed by atoms with van der Waals surface area (Å²) >= 11 is 3.51. The molecule has 0 aliphatic carbocycles. The van der Waals surface area contributed by atoms with Crippen molar-refractivity contribution in [1.29, 1.82) is 0 Å². The summed E-state index contributed by atoms with van der Waals surface area (Å²) in [5.41, 5.74) is 1.03. The number of carbonyl (C=O) groups is 1. The van der Waals surface area contributed by atoms with Crippen LogP contribution in [0.4, 0.5) is 0 Å². The normalized spacial score (nSPS) is 21.7. The van der Waals surface area contributed by atoms with Gasteiger partial charge in [0.05, 0.1) is 24.1 Å². The molecule has 2 aliphatic rings. The Morgan fingerprint density at radius 2 is 2.26 bits per heavy atom. The minimum Gasteiger partial charge on any atom is -0.492 e. The molecule has 23 heavy (non-hydrogen) atoms. The molecular formula is C15H16BrNO6. The van der Waals surface area contributed by atoms with Crippen molar-refractivity contribution in [2.45, 2.75) is 20.0 Å². The van der Waals surface area contributed by atoms with Gasteiger partial charge in [-0.2, -0.15) is 0 Å². The van der Waals surface area contributed by atoms with Crippen LogP contribution in [0.15, 0.2) is 15.7 Å². The maximum atomic E-state index is 11.9. The number of nitrogens with zero attached hydrogens (tertiary/aromatic N) is 1. The number of hydrogen-bond donors (Lipinski definition) is 0. The van der Waals surface area contributed by atoms with Gasteiger partial charge in [0.15, 0.2) is 23.3 Å². The third kappa shape index (κ3) is 2.60. The number of hydrogen-bond acceptors (Lipinski definition) is 7. The van der Waals surface area contributed by atoms with E-state index in [2.05, 4.69) is 21.1 Å². The first-order valence-corrected chi connectivity index (χ1v) is 7.94. The van der Waals surface area contributed by atoms with Gasteiger partial charge in [0, 0.05) is 5.56 Å². The zero-order valence-corrected chi connectivity index (χ0v) is 14.5. The quantitative estimate of drug-likeness (QED) is 0.741. The van der Waals surface area contributed by atoms with E-state index in [9.17, 15) is 4.79 Å². The third-order valence-corrected chi connectivity index (χ3v) is 4.55. The first kappa shape index (κ1) is 15.9. The molecule has 2 heterocycles. The highest BCUT2D eigenvalue weighted by molar-refractivity contribution is 9.10. The van der Waals surface area contributed by atoms with Gasteiger partial charge in [0.2, 0.25) is 12.5 Å². The van der Waals surface area contributed by atoms with Crippen LogP contribution in [-0.4, -0.2) is 32.2 Å². The highest BCUT2D eigenvalue weighted by Crippen LogP contribution is 2.50. The molecule has 3 rings (SSSR count).